The number of pyridine rings is 1. The van der Waals surface area contributed by atoms with Crippen LogP contribution in [0.25, 0.3) is 11.2 Å². The van der Waals surface area contributed by atoms with E-state index in [1.54, 1.807) is 6.20 Å². The summed E-state index contributed by atoms with van der Waals surface area (Å²) in [6.07, 6.45) is 4.02. The Morgan fingerprint density at radius 3 is 2.83 bits per heavy atom. The van der Waals surface area contributed by atoms with Crippen LogP contribution in [0.1, 0.15) is 18.7 Å². The lowest BCUT2D eigenvalue weighted by molar-refractivity contribution is 0.455. The minimum atomic E-state index is -2.78. The zero-order chi connectivity index (χ0) is 12.6. The van der Waals surface area contributed by atoms with E-state index in [0.717, 1.165) is 36.3 Å². The monoisotopic (exact) mass is 265 g/mol. The minimum Gasteiger partial charge on any atom is -0.341 e. The van der Waals surface area contributed by atoms with Gasteiger partial charge in [-0.05, 0) is 30.9 Å². The molecule has 1 fully saturated rings. The first kappa shape index (κ1) is 11.6. The van der Waals surface area contributed by atoms with Crippen molar-refractivity contribution < 1.29 is 8.42 Å². The van der Waals surface area contributed by atoms with Crippen LogP contribution in [-0.4, -0.2) is 34.9 Å². The smallest absolute Gasteiger partial charge is 0.177 e. The standard InChI is InChI=1S/C12H15N3O2S/c16-18(17)6-3-9(4-7-18)8-11-14-10-2-1-5-13-12(10)15-11/h1-2,5,9H,3-4,6-8H2,(H,13,14,15). The van der Waals surface area contributed by atoms with Gasteiger partial charge >= 0.3 is 0 Å². The fourth-order valence-corrected chi connectivity index (χ4v) is 4.00. The van der Waals surface area contributed by atoms with Crippen LogP contribution >= 0.6 is 0 Å². The fraction of sp³-hybridized carbons (Fsp3) is 0.500. The van der Waals surface area contributed by atoms with Gasteiger partial charge < -0.3 is 4.98 Å². The van der Waals surface area contributed by atoms with Crippen molar-refractivity contribution in [3.05, 3.63) is 24.2 Å². The Hall–Kier alpha value is -1.43. The third-order valence-corrected chi connectivity index (χ3v) is 5.18. The average molecular weight is 265 g/mol. The number of H-pyrrole nitrogens is 1. The van der Waals surface area contributed by atoms with E-state index in [9.17, 15) is 8.42 Å². The maximum Gasteiger partial charge on any atom is 0.177 e. The molecule has 1 aliphatic rings. The largest absolute Gasteiger partial charge is 0.341 e. The lowest BCUT2D eigenvalue weighted by Crippen LogP contribution is -2.24. The van der Waals surface area contributed by atoms with Crippen LogP contribution in [0.4, 0.5) is 0 Å². The van der Waals surface area contributed by atoms with Crippen LogP contribution in [0.3, 0.4) is 0 Å². The maximum atomic E-state index is 11.4. The Bertz CT molecular complexity index is 616. The van der Waals surface area contributed by atoms with Crippen molar-refractivity contribution >= 4 is 21.0 Å². The molecule has 1 N–H and O–H groups in total. The van der Waals surface area contributed by atoms with E-state index in [0.29, 0.717) is 17.4 Å². The van der Waals surface area contributed by atoms with Gasteiger partial charge in [-0.1, -0.05) is 0 Å². The number of imidazole rings is 1. The van der Waals surface area contributed by atoms with E-state index < -0.39 is 9.84 Å². The summed E-state index contributed by atoms with van der Waals surface area (Å²) in [6.45, 7) is 0. The Balaban J connectivity index is 1.73. The van der Waals surface area contributed by atoms with Crippen molar-refractivity contribution in [2.24, 2.45) is 5.92 Å². The highest BCUT2D eigenvalue weighted by molar-refractivity contribution is 7.91. The van der Waals surface area contributed by atoms with Gasteiger partial charge in [0.05, 0.1) is 17.0 Å². The molecule has 6 heteroatoms. The topological polar surface area (TPSA) is 75.7 Å². The molecule has 0 aliphatic carbocycles. The number of fused-ring (bicyclic) bond motifs is 1. The number of aromatic nitrogens is 3. The minimum absolute atomic E-state index is 0.316. The van der Waals surface area contributed by atoms with Crippen LogP contribution in [0, 0.1) is 5.92 Å². The summed E-state index contributed by atoms with van der Waals surface area (Å²) in [6, 6.07) is 3.82. The molecule has 0 spiro atoms. The summed E-state index contributed by atoms with van der Waals surface area (Å²) >= 11 is 0. The molecule has 2 aromatic rings. The van der Waals surface area contributed by atoms with Gasteiger partial charge in [0.15, 0.2) is 5.65 Å². The van der Waals surface area contributed by atoms with Gasteiger partial charge in [0.2, 0.25) is 0 Å². The number of nitrogens with one attached hydrogen (secondary N) is 1. The van der Waals surface area contributed by atoms with Crippen LogP contribution in [0.5, 0.6) is 0 Å². The maximum absolute atomic E-state index is 11.4. The highest BCUT2D eigenvalue weighted by atomic mass is 32.2. The Morgan fingerprint density at radius 1 is 1.33 bits per heavy atom. The van der Waals surface area contributed by atoms with E-state index >= 15 is 0 Å². The predicted octanol–water partition coefficient (Wildman–Crippen LogP) is 1.33. The lowest BCUT2D eigenvalue weighted by Gasteiger charge is -2.20. The SMILES string of the molecule is O=S1(=O)CCC(Cc2nc3ncccc3[nH]2)CC1. The third kappa shape index (κ3) is 2.38. The van der Waals surface area contributed by atoms with Gasteiger partial charge in [-0.25, -0.2) is 18.4 Å². The molecule has 1 saturated heterocycles. The number of aromatic amines is 1. The molecule has 0 radical (unpaired) electrons. The number of rotatable bonds is 2. The molecule has 5 nitrogen and oxygen atoms in total. The second-order valence-electron chi connectivity index (χ2n) is 4.86. The molecule has 0 aromatic carbocycles. The first-order valence-corrected chi connectivity index (χ1v) is 7.94. The van der Waals surface area contributed by atoms with Gasteiger partial charge in [-0.15, -0.1) is 0 Å². The zero-order valence-electron chi connectivity index (χ0n) is 9.96. The zero-order valence-corrected chi connectivity index (χ0v) is 10.8. The summed E-state index contributed by atoms with van der Waals surface area (Å²) in [5, 5.41) is 0. The highest BCUT2D eigenvalue weighted by Crippen LogP contribution is 2.22. The first-order chi connectivity index (χ1) is 8.62. The number of nitrogens with zero attached hydrogens (tertiary/aromatic N) is 2. The Labute approximate surface area is 106 Å². The molecule has 0 atom stereocenters. The molecule has 18 heavy (non-hydrogen) atoms. The lowest BCUT2D eigenvalue weighted by atomic mass is 9.99. The number of sulfone groups is 1. The van der Waals surface area contributed by atoms with E-state index in [-0.39, 0.29) is 0 Å². The van der Waals surface area contributed by atoms with Gasteiger partial charge in [0.1, 0.15) is 15.7 Å². The molecule has 1 aliphatic heterocycles. The molecular formula is C12H15N3O2S. The highest BCUT2D eigenvalue weighted by Gasteiger charge is 2.24. The van der Waals surface area contributed by atoms with E-state index in [1.165, 1.54) is 0 Å². The van der Waals surface area contributed by atoms with Crippen molar-refractivity contribution in [1.82, 2.24) is 15.0 Å². The predicted molar refractivity (Wildman–Crippen MR) is 69.0 cm³/mol. The van der Waals surface area contributed by atoms with Crippen molar-refractivity contribution in [3.63, 3.8) is 0 Å². The van der Waals surface area contributed by atoms with E-state index in [2.05, 4.69) is 15.0 Å². The second-order valence-corrected chi connectivity index (χ2v) is 7.16. The van der Waals surface area contributed by atoms with Crippen LogP contribution in [-0.2, 0) is 16.3 Å². The second kappa shape index (κ2) is 4.35. The summed E-state index contributed by atoms with van der Waals surface area (Å²) in [5.74, 6) is 1.95. The summed E-state index contributed by atoms with van der Waals surface area (Å²) in [5.41, 5.74) is 1.67. The molecule has 96 valence electrons. The van der Waals surface area contributed by atoms with Gasteiger partial charge in [0.25, 0.3) is 0 Å². The Kier molecular flexibility index (Phi) is 2.81. The average Bonchev–Trinajstić information content (AvgIpc) is 2.74. The van der Waals surface area contributed by atoms with E-state index in [4.69, 9.17) is 0 Å². The van der Waals surface area contributed by atoms with Crippen LogP contribution in [0.15, 0.2) is 18.3 Å². The van der Waals surface area contributed by atoms with E-state index in [1.807, 2.05) is 12.1 Å². The van der Waals surface area contributed by atoms with Gasteiger partial charge in [-0.3, -0.25) is 0 Å². The van der Waals surface area contributed by atoms with Crippen LogP contribution < -0.4 is 0 Å². The number of hydrogen-bond acceptors (Lipinski definition) is 4. The fourth-order valence-electron chi connectivity index (χ4n) is 2.41. The van der Waals surface area contributed by atoms with Crippen molar-refractivity contribution in [2.75, 3.05) is 11.5 Å². The molecule has 0 bridgehead atoms. The molecule has 3 heterocycles. The third-order valence-electron chi connectivity index (χ3n) is 3.46. The molecule has 0 unspecified atom stereocenters. The summed E-state index contributed by atoms with van der Waals surface area (Å²) in [4.78, 5) is 11.8. The van der Waals surface area contributed by atoms with Crippen molar-refractivity contribution in [2.45, 2.75) is 19.3 Å². The molecular weight excluding hydrogens is 250 g/mol. The van der Waals surface area contributed by atoms with Crippen molar-refractivity contribution in [1.29, 1.82) is 0 Å². The molecule has 0 amide bonds. The number of hydrogen-bond donors (Lipinski definition) is 1. The summed E-state index contributed by atoms with van der Waals surface area (Å²) in [7, 11) is -2.78. The van der Waals surface area contributed by atoms with Gasteiger partial charge in [0, 0.05) is 12.6 Å². The van der Waals surface area contributed by atoms with Gasteiger partial charge in [-0.2, -0.15) is 0 Å². The molecule has 2 aromatic heterocycles. The molecule has 0 saturated carbocycles. The van der Waals surface area contributed by atoms with Crippen LogP contribution in [0.2, 0.25) is 0 Å². The first-order valence-electron chi connectivity index (χ1n) is 6.12. The Morgan fingerprint density at radius 2 is 2.11 bits per heavy atom. The molecule has 3 rings (SSSR count). The normalized spacial score (nSPS) is 20.2. The summed E-state index contributed by atoms with van der Waals surface area (Å²) < 4.78 is 22.7. The van der Waals surface area contributed by atoms with Crippen molar-refractivity contribution in [3.8, 4) is 0 Å². The quantitative estimate of drug-likeness (QED) is 0.888.